The smallest absolute Gasteiger partial charge is 0.340 e. The number of hydrogen-bond acceptors (Lipinski definition) is 11. The number of carbonyl (C=O) groups is 4. The minimum absolute atomic E-state index is 0.167. The van der Waals surface area contributed by atoms with Gasteiger partial charge in [-0.25, -0.2) is 19.6 Å². The van der Waals surface area contributed by atoms with Crippen LogP contribution in [0.15, 0.2) is 98.9 Å². The van der Waals surface area contributed by atoms with E-state index in [9.17, 15) is 19.2 Å². The van der Waals surface area contributed by atoms with Crippen LogP contribution < -0.4 is 10.6 Å². The van der Waals surface area contributed by atoms with Gasteiger partial charge >= 0.3 is 11.9 Å². The summed E-state index contributed by atoms with van der Waals surface area (Å²) < 4.78 is 22.6. The standard InChI is InChI=1S/C56H58N10O7/c1-11-45(67)61-43-21-36(14-13-32(43)7)50-48-34(9)42(56(70)73-31(5)6)26-58-54(48)65(52(50)39-24-60-66(29-39)40-17-18-40)28-37-16-15-35(22-44(37)62-46(68)12-2)49-47-33(8)41(55(69)72-30(3)4)25-57-53(47)63-51(49)38-23-59-64(27-38)19-20-71-10/h11-16,21-27,29-31,40H,1-2,17-20,28H2,3-10H3,(H,57,63)(H,61,67)(H,62,68). The second-order valence-corrected chi connectivity index (χ2v) is 18.8. The van der Waals surface area contributed by atoms with Gasteiger partial charge in [0.25, 0.3) is 0 Å². The maximum absolute atomic E-state index is 13.8. The molecule has 1 aliphatic carbocycles. The molecule has 17 nitrogen and oxygen atoms in total. The maximum Gasteiger partial charge on any atom is 0.340 e. The number of carbonyl (C=O) groups excluding carboxylic acids is 4. The number of ether oxygens (including phenoxy) is 3. The van der Waals surface area contributed by atoms with Crippen LogP contribution in [-0.4, -0.2) is 88.8 Å². The third-order valence-electron chi connectivity index (χ3n) is 12.9. The summed E-state index contributed by atoms with van der Waals surface area (Å²) in [6, 6.07) is 11.9. The molecule has 0 atom stereocenters. The van der Waals surface area contributed by atoms with Gasteiger partial charge in [0.2, 0.25) is 11.8 Å². The summed E-state index contributed by atoms with van der Waals surface area (Å²) in [7, 11) is 1.64. The van der Waals surface area contributed by atoms with Crippen molar-refractivity contribution in [1.82, 2.24) is 39.1 Å². The average molecular weight is 983 g/mol. The van der Waals surface area contributed by atoms with Crippen molar-refractivity contribution in [2.75, 3.05) is 24.4 Å². The van der Waals surface area contributed by atoms with Crippen LogP contribution in [0.1, 0.15) is 89.5 Å². The molecule has 1 aliphatic rings. The molecular weight excluding hydrogens is 925 g/mol. The van der Waals surface area contributed by atoms with Crippen LogP contribution in [0, 0.1) is 20.8 Å². The first-order valence-electron chi connectivity index (χ1n) is 24.2. The Bertz CT molecular complexity index is 3510. The predicted octanol–water partition coefficient (Wildman–Crippen LogP) is 10.3. The number of aryl methyl sites for hydroxylation is 3. The van der Waals surface area contributed by atoms with Crippen molar-refractivity contribution in [2.45, 2.75) is 92.6 Å². The Labute approximate surface area is 422 Å². The quantitative estimate of drug-likeness (QED) is 0.0545. The van der Waals surface area contributed by atoms with Crippen LogP contribution in [0.2, 0.25) is 0 Å². The second kappa shape index (κ2) is 20.4. The molecule has 1 fully saturated rings. The Kier molecular flexibility index (Phi) is 13.8. The number of aromatic amines is 1. The van der Waals surface area contributed by atoms with Gasteiger partial charge in [-0.2, -0.15) is 10.2 Å². The Balaban J connectivity index is 1.30. The number of esters is 2. The SMILES string of the molecule is C=CC(=O)Nc1cc(-c2c(-c3cnn(C4CC4)c3)n(Cc3ccc(-c4c(-c5cnn(CCOC)c5)[nH]c5ncc(C(=O)OC(C)C)c(C)c45)cc3NC(=O)C=C)c3ncc(C(=O)OC(C)C)c(C)c23)ccc1C. The molecule has 0 radical (unpaired) electrons. The number of benzene rings is 2. The molecule has 6 heterocycles. The number of H-pyrrole nitrogens is 1. The number of nitrogens with zero attached hydrogens (tertiary/aromatic N) is 7. The number of fused-ring (bicyclic) bond motifs is 2. The Morgan fingerprint density at radius 3 is 2.03 bits per heavy atom. The predicted molar refractivity (Wildman–Crippen MR) is 281 cm³/mol. The fourth-order valence-corrected chi connectivity index (χ4v) is 9.20. The lowest BCUT2D eigenvalue weighted by Crippen LogP contribution is -2.14. The van der Waals surface area contributed by atoms with E-state index in [1.807, 2.05) is 80.4 Å². The molecular formula is C56H58N10O7. The van der Waals surface area contributed by atoms with E-state index >= 15 is 0 Å². The summed E-state index contributed by atoms with van der Waals surface area (Å²) >= 11 is 0. The zero-order valence-electron chi connectivity index (χ0n) is 42.3. The largest absolute Gasteiger partial charge is 0.459 e. The molecule has 8 aromatic rings. The number of anilines is 2. The van der Waals surface area contributed by atoms with Crippen LogP contribution in [0.3, 0.4) is 0 Å². The lowest BCUT2D eigenvalue weighted by Gasteiger charge is -2.17. The van der Waals surface area contributed by atoms with E-state index < -0.39 is 17.8 Å². The Morgan fingerprint density at radius 2 is 1.37 bits per heavy atom. The fourth-order valence-electron chi connectivity index (χ4n) is 9.20. The van der Waals surface area contributed by atoms with E-state index in [4.69, 9.17) is 29.3 Å². The van der Waals surface area contributed by atoms with Crippen molar-refractivity contribution in [1.29, 1.82) is 0 Å². The molecule has 0 unspecified atom stereocenters. The molecule has 2 amide bonds. The number of methoxy groups -OCH3 is 1. The molecule has 0 spiro atoms. The third kappa shape index (κ3) is 9.83. The molecule has 1 saturated carbocycles. The van der Waals surface area contributed by atoms with Crippen LogP contribution in [-0.2, 0) is 36.9 Å². The minimum Gasteiger partial charge on any atom is -0.459 e. The highest BCUT2D eigenvalue weighted by atomic mass is 16.5. The summed E-state index contributed by atoms with van der Waals surface area (Å²) in [5.74, 6) is -1.80. The highest BCUT2D eigenvalue weighted by Gasteiger charge is 2.31. The molecule has 0 saturated heterocycles. The first-order chi connectivity index (χ1) is 35.1. The van der Waals surface area contributed by atoms with Gasteiger partial charge in [-0.3, -0.25) is 19.0 Å². The number of amides is 2. The fraction of sp³-hybridized carbons (Fsp3) is 0.286. The van der Waals surface area contributed by atoms with Gasteiger partial charge in [0.1, 0.15) is 11.3 Å². The van der Waals surface area contributed by atoms with Gasteiger partial charge in [-0.05, 0) is 119 Å². The van der Waals surface area contributed by atoms with Gasteiger partial charge in [-0.15, -0.1) is 0 Å². The molecule has 0 bridgehead atoms. The minimum atomic E-state index is -0.509. The van der Waals surface area contributed by atoms with Crippen molar-refractivity contribution in [3.05, 3.63) is 132 Å². The molecule has 0 aliphatic heterocycles. The van der Waals surface area contributed by atoms with Crippen molar-refractivity contribution >= 4 is 57.2 Å². The van der Waals surface area contributed by atoms with Crippen molar-refractivity contribution in [2.24, 2.45) is 0 Å². The topological polar surface area (TPSA) is 202 Å². The Morgan fingerprint density at radius 1 is 0.753 bits per heavy atom. The highest BCUT2D eigenvalue weighted by Crippen LogP contribution is 2.46. The van der Waals surface area contributed by atoms with Gasteiger partial charge in [0, 0.05) is 76.3 Å². The average Bonchev–Trinajstić information content (AvgIpc) is 3.64. The molecule has 17 heteroatoms. The van der Waals surface area contributed by atoms with E-state index in [-0.39, 0.29) is 30.7 Å². The summed E-state index contributed by atoms with van der Waals surface area (Å²) in [6.07, 6.45) is 14.3. The molecule has 9 rings (SSSR count). The summed E-state index contributed by atoms with van der Waals surface area (Å²) in [6.45, 7) is 21.4. The molecule has 3 N–H and O–H groups in total. The van der Waals surface area contributed by atoms with Gasteiger partial charge in [0.15, 0.2) is 0 Å². The Hall–Kier alpha value is -8.44. The maximum atomic E-state index is 13.8. The number of pyridine rings is 2. The lowest BCUT2D eigenvalue weighted by atomic mass is 9.94. The molecule has 6 aromatic heterocycles. The normalized spacial score (nSPS) is 12.5. The van der Waals surface area contributed by atoms with Crippen LogP contribution >= 0.6 is 0 Å². The zero-order valence-corrected chi connectivity index (χ0v) is 42.3. The number of nitrogens with one attached hydrogen (secondary N) is 3. The molecule has 2 aromatic carbocycles. The van der Waals surface area contributed by atoms with Crippen molar-refractivity contribution in [3.8, 4) is 44.8 Å². The zero-order chi connectivity index (χ0) is 51.8. The van der Waals surface area contributed by atoms with Crippen molar-refractivity contribution in [3.63, 3.8) is 0 Å². The number of rotatable bonds is 18. The molecule has 73 heavy (non-hydrogen) atoms. The third-order valence-corrected chi connectivity index (χ3v) is 12.9. The van der Waals surface area contributed by atoms with E-state index in [0.29, 0.717) is 85.7 Å². The van der Waals surface area contributed by atoms with E-state index in [1.165, 1.54) is 18.3 Å². The van der Waals surface area contributed by atoms with E-state index in [1.54, 1.807) is 51.9 Å². The highest BCUT2D eigenvalue weighted by molar-refractivity contribution is 6.10. The van der Waals surface area contributed by atoms with E-state index in [0.717, 1.165) is 51.9 Å². The van der Waals surface area contributed by atoms with E-state index in [2.05, 4.69) is 38.4 Å². The summed E-state index contributed by atoms with van der Waals surface area (Å²) in [5.41, 5.74) is 11.5. The van der Waals surface area contributed by atoms with Gasteiger partial charge in [0.05, 0.1) is 72.9 Å². The van der Waals surface area contributed by atoms with Crippen LogP contribution in [0.5, 0.6) is 0 Å². The summed E-state index contributed by atoms with van der Waals surface area (Å²) in [5, 5.41) is 16.9. The van der Waals surface area contributed by atoms with Crippen LogP contribution in [0.4, 0.5) is 11.4 Å². The number of hydrogen-bond donors (Lipinski definition) is 3. The van der Waals surface area contributed by atoms with Gasteiger partial charge in [-0.1, -0.05) is 37.4 Å². The summed E-state index contributed by atoms with van der Waals surface area (Å²) in [4.78, 5) is 66.9. The first-order valence-corrected chi connectivity index (χ1v) is 24.2. The van der Waals surface area contributed by atoms with Crippen LogP contribution in [0.25, 0.3) is 66.8 Å². The number of aromatic nitrogens is 8. The molecule has 374 valence electrons. The van der Waals surface area contributed by atoms with Gasteiger partial charge < -0.3 is 34.4 Å². The van der Waals surface area contributed by atoms with Crippen molar-refractivity contribution < 1.29 is 33.4 Å². The first kappa shape index (κ1) is 49.5. The second-order valence-electron chi connectivity index (χ2n) is 18.8. The lowest BCUT2D eigenvalue weighted by molar-refractivity contribution is -0.112. The monoisotopic (exact) mass is 982 g/mol.